The maximum atomic E-state index is 13.5. The normalized spacial score (nSPS) is 17.8. The van der Waals surface area contributed by atoms with Crippen molar-refractivity contribution < 1.29 is 43.7 Å². The van der Waals surface area contributed by atoms with Crippen LogP contribution in [0.1, 0.15) is 44.1 Å². The SMILES string of the molecule is BrC1CC1.Brc1ccc(OC2CC2)cc1.O=C1C(=O)N(c2ccccc2)C(=O)N1c1ccccc1.O=C1N(c2ccccc2)C(=O)C(O)(c2ccc(OC3CC3)cc2)N1c1ccccc1.Oc1ccc(Br)cc1. The number of rotatable bonds is 9. The zero-order valence-electron chi connectivity index (χ0n) is 39.1. The van der Waals surface area contributed by atoms with E-state index in [0.717, 1.165) is 52.0 Å². The topological polar surface area (TPSA) is 157 Å². The van der Waals surface area contributed by atoms with E-state index in [1.807, 2.05) is 30.3 Å². The van der Waals surface area contributed by atoms with Gasteiger partial charge in [-0.3, -0.25) is 19.3 Å². The van der Waals surface area contributed by atoms with Gasteiger partial charge >= 0.3 is 23.9 Å². The van der Waals surface area contributed by atoms with Crippen LogP contribution in [0.3, 0.4) is 0 Å². The molecular weight excluding hydrogens is 1120 g/mol. The third kappa shape index (κ3) is 13.5. The van der Waals surface area contributed by atoms with E-state index >= 15 is 0 Å². The molecule has 0 radical (unpaired) electrons. The van der Waals surface area contributed by atoms with Crippen LogP contribution < -0.4 is 29.1 Å². The summed E-state index contributed by atoms with van der Waals surface area (Å²) in [7, 11) is 0. The van der Waals surface area contributed by atoms with Crippen LogP contribution >= 0.6 is 47.8 Å². The number of phenols is 1. The van der Waals surface area contributed by atoms with Crippen LogP contribution in [0.2, 0.25) is 0 Å². The second-order valence-electron chi connectivity index (χ2n) is 17.1. The number of anilines is 4. The number of para-hydroxylation sites is 4. The Kier molecular flexibility index (Phi) is 17.2. The summed E-state index contributed by atoms with van der Waals surface area (Å²) in [5.74, 6) is -0.454. The first-order chi connectivity index (χ1) is 35.3. The van der Waals surface area contributed by atoms with Crippen LogP contribution in [-0.4, -0.2) is 57.0 Å². The summed E-state index contributed by atoms with van der Waals surface area (Å²) >= 11 is 9.99. The third-order valence-corrected chi connectivity index (χ3v) is 13.3. The molecule has 3 saturated carbocycles. The highest BCUT2D eigenvalue weighted by molar-refractivity contribution is 9.10. The van der Waals surface area contributed by atoms with Crippen LogP contribution in [0.15, 0.2) is 203 Å². The van der Waals surface area contributed by atoms with Crippen molar-refractivity contribution in [2.75, 3.05) is 19.6 Å². The smallest absolute Gasteiger partial charge is 0.343 e. The van der Waals surface area contributed by atoms with Gasteiger partial charge in [-0.15, -0.1) is 0 Å². The fourth-order valence-electron chi connectivity index (χ4n) is 7.12. The Balaban J connectivity index is 0.000000140. The standard InChI is InChI=1S/C24H20N2O4.C15H10N2O3.C9H9BrO.C6H5BrO.C3H5Br/c27-22-24(29,17-11-13-20(14-12-17)30-21-15-16-21)26(19-9-5-2-6-10-19)23(28)25(22)18-7-3-1-4-8-18;18-13-14(19)17(12-9-5-2-6-10-12)15(20)16(13)11-7-3-1-4-8-11;10-7-1-3-8(4-2-7)11-9-5-6-9;7-5-1-3-6(8)4-2-5;4-3-1-2-3/h1-14,21,29H,15-16H2;1-10H;1-4,9H,5-6H2;1-4,8H;3H,1-2H2. The lowest BCUT2D eigenvalue weighted by Crippen LogP contribution is -2.47. The van der Waals surface area contributed by atoms with Crippen molar-refractivity contribution in [3.05, 3.63) is 209 Å². The number of carbonyl (C=O) groups is 5. The number of halogens is 3. The number of aliphatic hydroxyl groups is 1. The molecule has 2 N–H and O–H groups in total. The van der Waals surface area contributed by atoms with E-state index in [9.17, 15) is 29.1 Å². The van der Waals surface area contributed by atoms with Gasteiger partial charge in [0.25, 0.3) is 11.6 Å². The molecule has 13 nitrogen and oxygen atoms in total. The molecule has 0 bridgehead atoms. The van der Waals surface area contributed by atoms with E-state index in [1.54, 1.807) is 164 Å². The van der Waals surface area contributed by atoms with Crippen LogP contribution in [-0.2, 0) is 20.1 Å². The quantitative estimate of drug-likeness (QED) is 0.0815. The number of benzene rings is 7. The highest BCUT2D eigenvalue weighted by Crippen LogP contribution is 2.42. The lowest BCUT2D eigenvalue weighted by atomic mass is 10.00. The van der Waals surface area contributed by atoms with Gasteiger partial charge in [0.15, 0.2) is 0 Å². The molecule has 372 valence electrons. The first kappa shape index (κ1) is 52.2. The number of carbonyl (C=O) groups excluding carboxylic acids is 5. The zero-order chi connectivity index (χ0) is 51.5. The second kappa shape index (κ2) is 24.1. The lowest BCUT2D eigenvalue weighted by Gasteiger charge is -2.30. The molecule has 5 aliphatic rings. The molecule has 7 aromatic carbocycles. The zero-order valence-corrected chi connectivity index (χ0v) is 43.9. The van der Waals surface area contributed by atoms with Gasteiger partial charge in [0.2, 0.25) is 0 Å². The summed E-state index contributed by atoms with van der Waals surface area (Å²) in [6.45, 7) is 0. The summed E-state index contributed by atoms with van der Waals surface area (Å²) in [5.41, 5.74) is -0.283. The number of ether oxygens (including phenoxy) is 2. The molecule has 7 amide bonds. The van der Waals surface area contributed by atoms with E-state index in [0.29, 0.717) is 45.9 Å². The van der Waals surface area contributed by atoms with Gasteiger partial charge in [-0.2, -0.15) is 0 Å². The molecule has 0 spiro atoms. The molecule has 3 aliphatic carbocycles. The molecule has 7 aromatic rings. The number of amides is 7. The number of alkyl halides is 1. The predicted octanol–water partition coefficient (Wildman–Crippen LogP) is 12.9. The number of hydrogen-bond acceptors (Lipinski definition) is 9. The number of phenolic OH excluding ortho intramolecular Hbond substituents is 1. The van der Waals surface area contributed by atoms with Crippen LogP contribution in [0.25, 0.3) is 0 Å². The van der Waals surface area contributed by atoms with Crippen LogP contribution in [0.4, 0.5) is 32.3 Å². The average Bonchev–Trinajstić information content (AvgIpc) is 4.33. The predicted molar refractivity (Wildman–Crippen MR) is 291 cm³/mol. The van der Waals surface area contributed by atoms with Gasteiger partial charge in [-0.25, -0.2) is 24.3 Å². The molecule has 5 fully saturated rings. The van der Waals surface area contributed by atoms with Crippen molar-refractivity contribution >= 4 is 100 Å². The number of aromatic hydroxyl groups is 1. The van der Waals surface area contributed by atoms with Crippen molar-refractivity contribution in [2.45, 2.75) is 61.3 Å². The summed E-state index contributed by atoms with van der Waals surface area (Å²) in [4.78, 5) is 68.0. The first-order valence-corrected chi connectivity index (χ1v) is 25.9. The number of urea groups is 2. The fraction of sp³-hybridized carbons (Fsp3) is 0.175. The van der Waals surface area contributed by atoms with Gasteiger partial charge in [0.05, 0.1) is 29.3 Å². The summed E-state index contributed by atoms with van der Waals surface area (Å²) in [5, 5.41) is 20.4. The minimum absolute atomic E-state index is 0.239. The third-order valence-electron chi connectivity index (χ3n) is 11.3. The van der Waals surface area contributed by atoms with Gasteiger partial charge < -0.3 is 19.7 Å². The Morgan fingerprint density at radius 3 is 1.14 bits per heavy atom. The van der Waals surface area contributed by atoms with E-state index in [4.69, 9.17) is 14.6 Å². The Labute approximate surface area is 448 Å². The lowest BCUT2D eigenvalue weighted by molar-refractivity contribution is -0.133. The highest BCUT2D eigenvalue weighted by Gasteiger charge is 2.59. The maximum Gasteiger partial charge on any atom is 0.343 e. The van der Waals surface area contributed by atoms with E-state index in [-0.39, 0.29) is 6.10 Å². The van der Waals surface area contributed by atoms with Crippen molar-refractivity contribution in [1.82, 2.24) is 0 Å². The van der Waals surface area contributed by atoms with Gasteiger partial charge in [0, 0.05) is 25.0 Å². The first-order valence-electron chi connectivity index (χ1n) is 23.4. The van der Waals surface area contributed by atoms with Crippen molar-refractivity contribution in [3.8, 4) is 17.2 Å². The minimum Gasteiger partial charge on any atom is -0.508 e. The molecule has 12 rings (SSSR count). The molecule has 1 unspecified atom stereocenters. The largest absolute Gasteiger partial charge is 0.508 e. The summed E-state index contributed by atoms with van der Waals surface area (Å²) in [6.07, 6.45) is 8.05. The Morgan fingerprint density at radius 1 is 0.438 bits per heavy atom. The fourth-order valence-corrected chi connectivity index (χ4v) is 7.92. The molecule has 2 saturated heterocycles. The highest BCUT2D eigenvalue weighted by atomic mass is 79.9. The minimum atomic E-state index is -2.17. The maximum absolute atomic E-state index is 13.5. The number of nitrogens with zero attached hydrogens (tertiary/aromatic N) is 4. The number of imide groups is 3. The summed E-state index contributed by atoms with van der Waals surface area (Å²) in [6, 6.07) is 54.3. The van der Waals surface area contributed by atoms with Crippen molar-refractivity contribution in [2.24, 2.45) is 0 Å². The van der Waals surface area contributed by atoms with Gasteiger partial charge in [-0.05, 0) is 160 Å². The Bertz CT molecular complexity index is 2900. The van der Waals surface area contributed by atoms with Crippen LogP contribution in [0, 0.1) is 0 Å². The average molecular weight is 1170 g/mol. The van der Waals surface area contributed by atoms with Crippen LogP contribution in [0.5, 0.6) is 17.2 Å². The molecule has 2 heterocycles. The Morgan fingerprint density at radius 2 is 0.781 bits per heavy atom. The summed E-state index contributed by atoms with van der Waals surface area (Å²) < 4.78 is 13.4. The molecular formula is C57H49Br3N4O9. The Hall–Kier alpha value is -7.11. The van der Waals surface area contributed by atoms with E-state index in [2.05, 4.69) is 47.8 Å². The molecule has 0 aromatic heterocycles. The van der Waals surface area contributed by atoms with Crippen molar-refractivity contribution in [3.63, 3.8) is 0 Å². The van der Waals surface area contributed by atoms with Gasteiger partial charge in [0.1, 0.15) is 17.2 Å². The van der Waals surface area contributed by atoms with Gasteiger partial charge in [-0.1, -0.05) is 121 Å². The van der Waals surface area contributed by atoms with E-state index in [1.165, 1.54) is 25.7 Å². The molecule has 16 heteroatoms. The van der Waals surface area contributed by atoms with E-state index < -0.39 is 35.5 Å². The van der Waals surface area contributed by atoms with Crippen molar-refractivity contribution in [1.29, 1.82) is 0 Å². The molecule has 2 aliphatic heterocycles. The number of hydrogen-bond donors (Lipinski definition) is 2. The monoisotopic (exact) mass is 1170 g/mol. The molecule has 1 atom stereocenters. The molecule has 73 heavy (non-hydrogen) atoms. The second-order valence-corrected chi connectivity index (χ2v) is 20.2.